The number of aromatic nitrogens is 3. The highest BCUT2D eigenvalue weighted by atomic mass is 35.5. The summed E-state index contributed by atoms with van der Waals surface area (Å²) >= 11 is 5.90. The van der Waals surface area contributed by atoms with E-state index in [1.54, 1.807) is 4.68 Å². The number of halogens is 1. The lowest BCUT2D eigenvalue weighted by Gasteiger charge is -2.06. The van der Waals surface area contributed by atoms with Crippen LogP contribution in [0.1, 0.15) is 17.0 Å². The van der Waals surface area contributed by atoms with Crippen molar-refractivity contribution in [3.05, 3.63) is 76.6 Å². The van der Waals surface area contributed by atoms with Gasteiger partial charge in [-0.05, 0) is 29.8 Å². The van der Waals surface area contributed by atoms with Crippen molar-refractivity contribution in [3.63, 3.8) is 0 Å². The molecule has 0 unspecified atom stereocenters. The molecule has 0 aliphatic carbocycles. The zero-order valence-electron chi connectivity index (χ0n) is 11.1. The molecule has 0 spiro atoms. The second kappa shape index (κ2) is 5.78. The summed E-state index contributed by atoms with van der Waals surface area (Å²) in [5, 5.41) is 17.9. The van der Waals surface area contributed by atoms with Crippen molar-refractivity contribution < 1.29 is 0 Å². The van der Waals surface area contributed by atoms with Gasteiger partial charge in [0.1, 0.15) is 6.07 Å². The topological polar surface area (TPSA) is 54.5 Å². The fourth-order valence-electron chi connectivity index (χ4n) is 2.12. The lowest BCUT2D eigenvalue weighted by Crippen LogP contribution is -2.04. The molecule has 102 valence electrons. The minimum atomic E-state index is 0.341. The van der Waals surface area contributed by atoms with Gasteiger partial charge in [-0.3, -0.25) is 0 Å². The Labute approximate surface area is 127 Å². The standard InChI is InChI=1S/C16H11ClN4/c17-13-8-6-12(7-9-13)10-16-15(11-18)19-20-21(16)14-4-2-1-3-5-14/h1-9H,10H2. The molecular weight excluding hydrogens is 284 g/mol. The Hall–Kier alpha value is -2.64. The van der Waals surface area contributed by atoms with Crippen LogP contribution in [0.25, 0.3) is 5.69 Å². The Kier molecular flexibility index (Phi) is 3.67. The van der Waals surface area contributed by atoms with Crippen molar-refractivity contribution in [1.82, 2.24) is 15.0 Å². The van der Waals surface area contributed by atoms with Gasteiger partial charge in [0.25, 0.3) is 0 Å². The molecule has 0 atom stereocenters. The molecule has 0 bridgehead atoms. The second-order valence-electron chi connectivity index (χ2n) is 4.55. The summed E-state index contributed by atoms with van der Waals surface area (Å²) in [6, 6.07) is 19.3. The van der Waals surface area contributed by atoms with Crippen molar-refractivity contribution in [3.8, 4) is 11.8 Å². The molecule has 0 N–H and O–H groups in total. The fraction of sp³-hybridized carbons (Fsp3) is 0.0625. The first-order valence-corrected chi connectivity index (χ1v) is 6.80. The molecule has 2 aromatic carbocycles. The summed E-state index contributed by atoms with van der Waals surface area (Å²) in [7, 11) is 0. The zero-order chi connectivity index (χ0) is 14.7. The first kappa shape index (κ1) is 13.3. The van der Waals surface area contributed by atoms with Crippen LogP contribution in [-0.4, -0.2) is 15.0 Å². The molecule has 3 rings (SSSR count). The Morgan fingerprint density at radius 2 is 1.76 bits per heavy atom. The van der Waals surface area contributed by atoms with Crippen LogP contribution in [0.4, 0.5) is 0 Å². The van der Waals surface area contributed by atoms with Crippen LogP contribution in [0.3, 0.4) is 0 Å². The number of hydrogen-bond donors (Lipinski definition) is 0. The van der Waals surface area contributed by atoms with Gasteiger partial charge >= 0.3 is 0 Å². The molecule has 0 fully saturated rings. The molecule has 21 heavy (non-hydrogen) atoms. The van der Waals surface area contributed by atoms with Crippen LogP contribution < -0.4 is 0 Å². The Bertz CT molecular complexity index is 785. The van der Waals surface area contributed by atoms with Crippen LogP contribution in [-0.2, 0) is 6.42 Å². The highest BCUT2D eigenvalue weighted by Gasteiger charge is 2.14. The number of nitriles is 1. The molecule has 1 heterocycles. The van der Waals surface area contributed by atoms with Gasteiger partial charge in [0, 0.05) is 11.4 Å². The first-order valence-electron chi connectivity index (χ1n) is 6.42. The first-order chi connectivity index (χ1) is 10.3. The largest absolute Gasteiger partial charge is 0.216 e. The van der Waals surface area contributed by atoms with Crippen LogP contribution in [0.15, 0.2) is 54.6 Å². The minimum Gasteiger partial charge on any atom is -0.216 e. The molecule has 4 nitrogen and oxygen atoms in total. The van der Waals surface area contributed by atoms with E-state index in [4.69, 9.17) is 11.6 Å². The monoisotopic (exact) mass is 294 g/mol. The number of benzene rings is 2. The third kappa shape index (κ3) is 2.78. The Balaban J connectivity index is 2.03. The average Bonchev–Trinajstić information content (AvgIpc) is 2.93. The molecule has 0 amide bonds. The van der Waals surface area contributed by atoms with E-state index < -0.39 is 0 Å². The van der Waals surface area contributed by atoms with E-state index in [2.05, 4.69) is 16.4 Å². The predicted molar refractivity (Wildman–Crippen MR) is 80.3 cm³/mol. The summed E-state index contributed by atoms with van der Waals surface area (Å²) in [4.78, 5) is 0. The number of nitrogens with zero attached hydrogens (tertiary/aromatic N) is 4. The lowest BCUT2D eigenvalue weighted by molar-refractivity contribution is 0.772. The summed E-state index contributed by atoms with van der Waals surface area (Å²) in [6.45, 7) is 0. The third-order valence-electron chi connectivity index (χ3n) is 3.15. The van der Waals surface area contributed by atoms with Gasteiger partial charge in [0.15, 0.2) is 5.69 Å². The van der Waals surface area contributed by atoms with Gasteiger partial charge in [-0.25, -0.2) is 4.68 Å². The van der Waals surface area contributed by atoms with E-state index in [0.717, 1.165) is 16.9 Å². The van der Waals surface area contributed by atoms with Crippen molar-refractivity contribution in [1.29, 1.82) is 5.26 Å². The van der Waals surface area contributed by atoms with Gasteiger partial charge in [-0.1, -0.05) is 47.1 Å². The van der Waals surface area contributed by atoms with Crippen molar-refractivity contribution >= 4 is 11.6 Å². The van der Waals surface area contributed by atoms with E-state index in [1.165, 1.54) is 0 Å². The van der Waals surface area contributed by atoms with Crippen LogP contribution in [0.2, 0.25) is 5.02 Å². The quantitative estimate of drug-likeness (QED) is 0.744. The highest BCUT2D eigenvalue weighted by molar-refractivity contribution is 6.30. The minimum absolute atomic E-state index is 0.341. The summed E-state index contributed by atoms with van der Waals surface area (Å²) < 4.78 is 1.70. The molecule has 0 aliphatic rings. The lowest BCUT2D eigenvalue weighted by atomic mass is 10.1. The predicted octanol–water partition coefficient (Wildman–Crippen LogP) is 3.38. The Morgan fingerprint density at radius 3 is 2.43 bits per heavy atom. The number of para-hydroxylation sites is 1. The molecule has 0 radical (unpaired) electrons. The maximum absolute atomic E-state index is 9.21. The maximum Gasteiger partial charge on any atom is 0.186 e. The van der Waals surface area contributed by atoms with Gasteiger partial charge in [-0.15, -0.1) is 5.10 Å². The Morgan fingerprint density at radius 1 is 1.05 bits per heavy atom. The number of rotatable bonds is 3. The van der Waals surface area contributed by atoms with E-state index in [1.807, 2.05) is 54.6 Å². The van der Waals surface area contributed by atoms with Gasteiger partial charge in [-0.2, -0.15) is 5.26 Å². The summed E-state index contributed by atoms with van der Waals surface area (Å²) in [6.07, 6.45) is 0.571. The molecule has 0 aliphatic heterocycles. The molecule has 0 saturated carbocycles. The van der Waals surface area contributed by atoms with Crippen molar-refractivity contribution in [2.75, 3.05) is 0 Å². The normalized spacial score (nSPS) is 10.3. The van der Waals surface area contributed by atoms with Gasteiger partial charge < -0.3 is 0 Å². The second-order valence-corrected chi connectivity index (χ2v) is 4.98. The molecule has 3 aromatic rings. The molecule has 5 heteroatoms. The zero-order valence-corrected chi connectivity index (χ0v) is 11.8. The van der Waals surface area contributed by atoms with E-state index in [-0.39, 0.29) is 0 Å². The number of hydrogen-bond acceptors (Lipinski definition) is 3. The third-order valence-corrected chi connectivity index (χ3v) is 3.41. The van der Waals surface area contributed by atoms with Crippen LogP contribution in [0.5, 0.6) is 0 Å². The van der Waals surface area contributed by atoms with Gasteiger partial charge in [0.05, 0.1) is 11.4 Å². The molecule has 0 saturated heterocycles. The van der Waals surface area contributed by atoms with Crippen molar-refractivity contribution in [2.45, 2.75) is 6.42 Å². The van der Waals surface area contributed by atoms with E-state index >= 15 is 0 Å². The smallest absolute Gasteiger partial charge is 0.186 e. The van der Waals surface area contributed by atoms with E-state index in [9.17, 15) is 5.26 Å². The maximum atomic E-state index is 9.21. The van der Waals surface area contributed by atoms with E-state index in [0.29, 0.717) is 17.1 Å². The molecule has 1 aromatic heterocycles. The molecular formula is C16H11ClN4. The van der Waals surface area contributed by atoms with Gasteiger partial charge in [0.2, 0.25) is 0 Å². The SMILES string of the molecule is N#Cc1nnn(-c2ccccc2)c1Cc1ccc(Cl)cc1. The van der Waals surface area contributed by atoms with Crippen molar-refractivity contribution in [2.24, 2.45) is 0 Å². The van der Waals surface area contributed by atoms with Crippen LogP contribution in [0, 0.1) is 11.3 Å². The average molecular weight is 295 g/mol. The summed E-state index contributed by atoms with van der Waals surface area (Å²) in [5.74, 6) is 0. The van der Waals surface area contributed by atoms with Crippen LogP contribution >= 0.6 is 11.6 Å². The highest BCUT2D eigenvalue weighted by Crippen LogP contribution is 2.18. The summed E-state index contributed by atoms with van der Waals surface area (Å²) in [5.41, 5.74) is 3.05. The fourth-order valence-corrected chi connectivity index (χ4v) is 2.25.